The summed E-state index contributed by atoms with van der Waals surface area (Å²) < 4.78 is 4.77. The number of carbonyl (C=O) groups excluding carboxylic acids is 2. The van der Waals surface area contributed by atoms with Gasteiger partial charge in [-0.25, -0.2) is 4.79 Å². The Bertz CT molecular complexity index is 1120. The minimum absolute atomic E-state index is 0.0692. The number of benzene rings is 3. The maximum absolute atomic E-state index is 12.3. The van der Waals surface area contributed by atoms with Gasteiger partial charge in [-0.05, 0) is 65.6 Å². The van der Waals surface area contributed by atoms with E-state index in [1.165, 1.54) is 29.9 Å². The van der Waals surface area contributed by atoms with E-state index in [2.05, 4.69) is 59.9 Å². The molecule has 4 rings (SSSR count). The summed E-state index contributed by atoms with van der Waals surface area (Å²) in [5.74, 6) is 0.747. The monoisotopic (exact) mass is 413 g/mol. The first-order valence-corrected chi connectivity index (χ1v) is 10.8. The normalized spacial score (nSPS) is 17.6. The number of methoxy groups -OCH3 is 1. The van der Waals surface area contributed by atoms with Crippen molar-refractivity contribution in [2.75, 3.05) is 12.4 Å². The van der Waals surface area contributed by atoms with Gasteiger partial charge in [0.15, 0.2) is 0 Å². The van der Waals surface area contributed by atoms with Crippen LogP contribution in [0.3, 0.4) is 0 Å². The maximum atomic E-state index is 12.3. The molecule has 4 nitrogen and oxygen atoms in total. The second-order valence-electron chi connectivity index (χ2n) is 8.10. The molecule has 1 aliphatic carbocycles. The third-order valence-corrected chi connectivity index (χ3v) is 5.87. The van der Waals surface area contributed by atoms with Gasteiger partial charge in [0.2, 0.25) is 5.91 Å². The smallest absolute Gasteiger partial charge is 0.339 e. The van der Waals surface area contributed by atoms with Crippen LogP contribution in [0.4, 0.5) is 5.69 Å². The van der Waals surface area contributed by atoms with Crippen LogP contribution in [-0.2, 0) is 9.53 Å². The highest BCUT2D eigenvalue weighted by atomic mass is 16.5. The molecule has 3 aromatic rings. The molecule has 3 aromatic carbocycles. The molecule has 2 atom stereocenters. The number of para-hydroxylation sites is 1. The summed E-state index contributed by atoms with van der Waals surface area (Å²) >= 11 is 0. The van der Waals surface area contributed by atoms with Crippen molar-refractivity contribution in [2.45, 2.75) is 25.7 Å². The van der Waals surface area contributed by atoms with Crippen molar-refractivity contribution in [3.05, 3.63) is 83.9 Å². The predicted molar refractivity (Wildman–Crippen MR) is 125 cm³/mol. The number of hydrogen-bond donors (Lipinski definition) is 1. The first kappa shape index (κ1) is 20.9. The molecule has 31 heavy (non-hydrogen) atoms. The quantitative estimate of drug-likeness (QED) is 0.455. The van der Waals surface area contributed by atoms with Crippen LogP contribution in [-0.4, -0.2) is 19.0 Å². The lowest BCUT2D eigenvalue weighted by Crippen LogP contribution is -2.15. The number of fused-ring (bicyclic) bond motifs is 1. The van der Waals surface area contributed by atoms with Gasteiger partial charge < -0.3 is 10.1 Å². The van der Waals surface area contributed by atoms with Gasteiger partial charge in [-0.15, -0.1) is 0 Å². The zero-order valence-corrected chi connectivity index (χ0v) is 17.7. The van der Waals surface area contributed by atoms with Crippen molar-refractivity contribution in [1.29, 1.82) is 0 Å². The van der Waals surface area contributed by atoms with Gasteiger partial charge in [-0.3, -0.25) is 4.79 Å². The second kappa shape index (κ2) is 9.61. The van der Waals surface area contributed by atoms with Gasteiger partial charge in [-0.1, -0.05) is 60.7 Å². The first-order valence-electron chi connectivity index (χ1n) is 10.8. The number of amides is 1. The Morgan fingerprint density at radius 3 is 2.65 bits per heavy atom. The van der Waals surface area contributed by atoms with E-state index < -0.39 is 5.97 Å². The van der Waals surface area contributed by atoms with Crippen LogP contribution in [0.25, 0.3) is 16.8 Å². The zero-order chi connectivity index (χ0) is 21.6. The number of esters is 1. The van der Waals surface area contributed by atoms with Crippen molar-refractivity contribution in [3.8, 4) is 0 Å². The summed E-state index contributed by atoms with van der Waals surface area (Å²) in [7, 11) is 1.33. The molecular formula is C27H27NO3. The molecule has 0 heterocycles. The Balaban J connectivity index is 1.22. The average molecular weight is 414 g/mol. The van der Waals surface area contributed by atoms with Crippen LogP contribution >= 0.6 is 0 Å². The lowest BCUT2D eigenvalue weighted by atomic mass is 10.1. The van der Waals surface area contributed by atoms with E-state index in [1.54, 1.807) is 24.3 Å². The summed E-state index contributed by atoms with van der Waals surface area (Å²) in [6, 6.07) is 21.9. The second-order valence-corrected chi connectivity index (χ2v) is 8.10. The summed E-state index contributed by atoms with van der Waals surface area (Å²) in [6.45, 7) is 0. The minimum Gasteiger partial charge on any atom is -0.465 e. The number of ether oxygens (including phenoxy) is 1. The zero-order valence-electron chi connectivity index (χ0n) is 17.7. The van der Waals surface area contributed by atoms with Crippen LogP contribution < -0.4 is 5.32 Å². The highest BCUT2D eigenvalue weighted by Gasteiger charge is 2.33. The van der Waals surface area contributed by atoms with E-state index in [0.717, 1.165) is 12.8 Å². The lowest BCUT2D eigenvalue weighted by molar-refractivity contribution is -0.116. The molecule has 1 amide bonds. The number of carbonyl (C=O) groups is 2. The van der Waals surface area contributed by atoms with Crippen LogP contribution in [0, 0.1) is 11.8 Å². The fourth-order valence-electron chi connectivity index (χ4n) is 4.00. The number of allylic oxidation sites excluding steroid dienone is 1. The van der Waals surface area contributed by atoms with Gasteiger partial charge in [0.25, 0.3) is 0 Å². The Kier molecular flexibility index (Phi) is 6.46. The number of anilines is 1. The summed E-state index contributed by atoms with van der Waals surface area (Å²) in [4.78, 5) is 24.1. The van der Waals surface area contributed by atoms with E-state index >= 15 is 0 Å². The Morgan fingerprint density at radius 1 is 1.03 bits per heavy atom. The largest absolute Gasteiger partial charge is 0.465 e. The fraction of sp³-hybridized carbons (Fsp3) is 0.259. The average Bonchev–Trinajstić information content (AvgIpc) is 3.55. The van der Waals surface area contributed by atoms with Crippen molar-refractivity contribution in [3.63, 3.8) is 0 Å². The van der Waals surface area contributed by atoms with Crippen LogP contribution in [0.1, 0.15) is 41.6 Å². The van der Waals surface area contributed by atoms with Crippen molar-refractivity contribution < 1.29 is 14.3 Å². The fourth-order valence-corrected chi connectivity index (χ4v) is 4.00. The molecule has 2 unspecified atom stereocenters. The van der Waals surface area contributed by atoms with Crippen molar-refractivity contribution in [1.82, 2.24) is 0 Å². The number of hydrogen-bond acceptors (Lipinski definition) is 3. The highest BCUT2D eigenvalue weighted by molar-refractivity contribution is 6.01. The van der Waals surface area contributed by atoms with Gasteiger partial charge in [-0.2, -0.15) is 0 Å². The van der Waals surface area contributed by atoms with Gasteiger partial charge >= 0.3 is 5.97 Å². The Morgan fingerprint density at radius 2 is 1.81 bits per heavy atom. The summed E-state index contributed by atoms with van der Waals surface area (Å²) in [6.07, 6.45) is 8.05. The molecule has 0 bridgehead atoms. The van der Waals surface area contributed by atoms with Crippen LogP contribution in [0.15, 0.2) is 72.8 Å². The van der Waals surface area contributed by atoms with E-state index in [4.69, 9.17) is 4.74 Å². The Hall–Kier alpha value is -3.40. The lowest BCUT2D eigenvalue weighted by Gasteiger charge is -2.09. The Labute approximate surface area is 182 Å². The molecule has 1 aliphatic rings. The van der Waals surface area contributed by atoms with Gasteiger partial charge in [0.05, 0.1) is 18.4 Å². The SMILES string of the molecule is COC(=O)c1ccccc1NC(=O)CCCC1CC1C=Cc1ccc2ccccc2c1. The highest BCUT2D eigenvalue weighted by Crippen LogP contribution is 2.43. The molecule has 158 valence electrons. The molecule has 0 aromatic heterocycles. The molecule has 1 N–H and O–H groups in total. The molecule has 0 spiro atoms. The summed E-state index contributed by atoms with van der Waals surface area (Å²) in [5, 5.41) is 5.36. The van der Waals surface area contributed by atoms with E-state index in [1.807, 2.05) is 0 Å². The minimum atomic E-state index is -0.449. The molecule has 1 fully saturated rings. The van der Waals surface area contributed by atoms with Crippen LogP contribution in [0.2, 0.25) is 0 Å². The predicted octanol–water partition coefficient (Wildman–Crippen LogP) is 6.08. The standard InChI is InChI=1S/C27H27NO3/c1-31-27(30)24-10-4-5-11-25(24)28-26(29)12-6-9-22-18-23(22)16-14-19-13-15-20-7-2-3-8-21(20)17-19/h2-5,7-8,10-11,13-17,22-23H,6,9,12,18H2,1H3,(H,28,29). The van der Waals surface area contributed by atoms with Gasteiger partial charge in [0, 0.05) is 6.42 Å². The van der Waals surface area contributed by atoms with Crippen molar-refractivity contribution in [2.24, 2.45) is 11.8 Å². The third-order valence-electron chi connectivity index (χ3n) is 5.87. The first-order chi connectivity index (χ1) is 15.1. The van der Waals surface area contributed by atoms with E-state index in [9.17, 15) is 9.59 Å². The molecule has 1 saturated carbocycles. The van der Waals surface area contributed by atoms with E-state index in [0.29, 0.717) is 29.5 Å². The maximum Gasteiger partial charge on any atom is 0.339 e. The van der Waals surface area contributed by atoms with Crippen LogP contribution in [0.5, 0.6) is 0 Å². The number of rotatable bonds is 8. The summed E-state index contributed by atoms with van der Waals surface area (Å²) in [5.41, 5.74) is 2.11. The third kappa shape index (κ3) is 5.40. The molecule has 0 aliphatic heterocycles. The number of nitrogens with one attached hydrogen (secondary N) is 1. The molecule has 0 saturated heterocycles. The molecule has 0 radical (unpaired) electrons. The topological polar surface area (TPSA) is 55.4 Å². The van der Waals surface area contributed by atoms with E-state index in [-0.39, 0.29) is 5.91 Å². The van der Waals surface area contributed by atoms with Crippen molar-refractivity contribution >= 4 is 34.4 Å². The molecular weight excluding hydrogens is 386 g/mol. The molecule has 4 heteroatoms. The van der Waals surface area contributed by atoms with Gasteiger partial charge in [0.1, 0.15) is 0 Å².